The van der Waals surface area contributed by atoms with E-state index in [0.717, 1.165) is 19.3 Å². The Morgan fingerprint density at radius 2 is 2.00 bits per heavy atom. The molecule has 2 rings (SSSR count). The number of hydrogen-bond donors (Lipinski definition) is 2. The number of para-hydroxylation sites is 1. The van der Waals surface area contributed by atoms with Crippen molar-refractivity contribution >= 4 is 21.4 Å². The van der Waals surface area contributed by atoms with Crippen molar-refractivity contribution in [1.29, 1.82) is 0 Å². The highest BCUT2D eigenvalue weighted by Crippen LogP contribution is 2.41. The molecule has 1 saturated carbocycles. The molecule has 0 atom stereocenters. The lowest BCUT2D eigenvalue weighted by Gasteiger charge is -2.39. The molecule has 1 fully saturated rings. The Morgan fingerprint density at radius 1 is 1.35 bits per heavy atom. The molecule has 3 N–H and O–H groups in total. The number of hydrogen-bond acceptors (Lipinski definition) is 4. The van der Waals surface area contributed by atoms with Gasteiger partial charge in [0.25, 0.3) is 0 Å². The summed E-state index contributed by atoms with van der Waals surface area (Å²) in [6.45, 7) is 1.88. The van der Waals surface area contributed by atoms with Gasteiger partial charge in [0.2, 0.25) is 5.91 Å². The second kappa shape index (κ2) is 5.54. The van der Waals surface area contributed by atoms with Gasteiger partial charge in [-0.05, 0) is 25.0 Å². The highest BCUT2D eigenvalue weighted by Gasteiger charge is 2.43. The van der Waals surface area contributed by atoms with E-state index in [9.17, 15) is 13.2 Å². The smallest absolute Gasteiger partial charge is 0.231 e. The molecule has 20 heavy (non-hydrogen) atoms. The van der Waals surface area contributed by atoms with Gasteiger partial charge in [-0.3, -0.25) is 4.79 Å². The molecule has 0 aromatic heterocycles. The van der Waals surface area contributed by atoms with E-state index in [4.69, 9.17) is 5.73 Å². The predicted octanol–water partition coefficient (Wildman–Crippen LogP) is 1.55. The van der Waals surface area contributed by atoms with Crippen LogP contribution in [0, 0.1) is 5.41 Å². The van der Waals surface area contributed by atoms with Gasteiger partial charge in [0.1, 0.15) is 0 Å². The number of benzene rings is 1. The van der Waals surface area contributed by atoms with Crippen molar-refractivity contribution in [2.45, 2.75) is 31.1 Å². The number of rotatable bonds is 5. The second-order valence-electron chi connectivity index (χ2n) is 5.19. The SMILES string of the molecule is CCS(=O)(=O)c1ccccc1NC(=O)C1(CN)CCC1. The molecule has 6 heteroatoms. The Morgan fingerprint density at radius 3 is 2.50 bits per heavy atom. The molecule has 1 aliphatic carbocycles. The molecule has 0 aliphatic heterocycles. The molecular formula is C14H20N2O3S. The van der Waals surface area contributed by atoms with Crippen LogP contribution in [0.1, 0.15) is 26.2 Å². The van der Waals surface area contributed by atoms with E-state index >= 15 is 0 Å². The van der Waals surface area contributed by atoms with Crippen LogP contribution in [0.5, 0.6) is 0 Å². The number of nitrogens with two attached hydrogens (primary N) is 1. The highest BCUT2D eigenvalue weighted by molar-refractivity contribution is 7.91. The standard InChI is InChI=1S/C14H20N2O3S/c1-2-20(18,19)12-7-4-3-6-11(12)16-13(17)14(10-15)8-5-9-14/h3-4,6-7H,2,5,8-10,15H2,1H3,(H,16,17). The summed E-state index contributed by atoms with van der Waals surface area (Å²) in [5, 5.41) is 2.75. The van der Waals surface area contributed by atoms with Gasteiger partial charge in [-0.15, -0.1) is 0 Å². The number of carbonyl (C=O) groups is 1. The molecule has 0 radical (unpaired) electrons. The minimum atomic E-state index is -3.36. The van der Waals surface area contributed by atoms with E-state index < -0.39 is 15.3 Å². The third-order valence-electron chi connectivity index (χ3n) is 4.03. The zero-order valence-electron chi connectivity index (χ0n) is 11.6. The Balaban J connectivity index is 2.29. The number of carbonyl (C=O) groups excluding carboxylic acids is 1. The third-order valence-corrected chi connectivity index (χ3v) is 5.82. The summed E-state index contributed by atoms with van der Waals surface area (Å²) in [4.78, 5) is 12.5. The van der Waals surface area contributed by atoms with Gasteiger partial charge >= 0.3 is 0 Å². The molecular weight excluding hydrogens is 276 g/mol. The van der Waals surface area contributed by atoms with Crippen LogP contribution in [0.4, 0.5) is 5.69 Å². The highest BCUT2D eigenvalue weighted by atomic mass is 32.2. The Hall–Kier alpha value is -1.40. The molecule has 1 aromatic carbocycles. The minimum Gasteiger partial charge on any atom is -0.329 e. The van der Waals surface area contributed by atoms with Gasteiger partial charge in [-0.1, -0.05) is 25.5 Å². The summed E-state index contributed by atoms with van der Waals surface area (Å²) in [7, 11) is -3.36. The Labute approximate surface area is 119 Å². The minimum absolute atomic E-state index is 0.00190. The van der Waals surface area contributed by atoms with Gasteiger partial charge in [0.05, 0.1) is 21.8 Å². The van der Waals surface area contributed by atoms with Gasteiger partial charge in [0, 0.05) is 6.54 Å². The van der Waals surface area contributed by atoms with Crippen molar-refractivity contribution in [3.8, 4) is 0 Å². The van der Waals surface area contributed by atoms with Crippen molar-refractivity contribution in [2.24, 2.45) is 11.1 Å². The van der Waals surface area contributed by atoms with Crippen LogP contribution in [0.2, 0.25) is 0 Å². The maximum absolute atomic E-state index is 12.3. The molecule has 0 heterocycles. The predicted molar refractivity (Wildman–Crippen MR) is 78.1 cm³/mol. The number of nitrogens with one attached hydrogen (secondary N) is 1. The fraction of sp³-hybridized carbons (Fsp3) is 0.500. The normalized spacial score (nSPS) is 17.3. The summed E-state index contributed by atoms with van der Waals surface area (Å²) in [6, 6.07) is 6.49. The van der Waals surface area contributed by atoms with Crippen molar-refractivity contribution < 1.29 is 13.2 Å². The van der Waals surface area contributed by atoms with E-state index in [-0.39, 0.29) is 16.6 Å². The van der Waals surface area contributed by atoms with Crippen LogP contribution in [0.3, 0.4) is 0 Å². The van der Waals surface area contributed by atoms with Crippen molar-refractivity contribution in [2.75, 3.05) is 17.6 Å². The second-order valence-corrected chi connectivity index (χ2v) is 7.44. The number of sulfone groups is 1. The molecule has 1 aliphatic rings. The molecule has 1 aromatic rings. The van der Waals surface area contributed by atoms with Crippen molar-refractivity contribution in [1.82, 2.24) is 0 Å². The summed E-state index contributed by atoms with van der Waals surface area (Å²) in [5.41, 5.74) is 5.52. The topological polar surface area (TPSA) is 89.3 Å². The van der Waals surface area contributed by atoms with E-state index in [1.54, 1.807) is 25.1 Å². The third kappa shape index (κ3) is 2.58. The first-order valence-corrected chi connectivity index (χ1v) is 8.44. The summed E-state index contributed by atoms with van der Waals surface area (Å²) in [5.74, 6) is -0.174. The first-order chi connectivity index (χ1) is 9.45. The lowest BCUT2D eigenvalue weighted by Crippen LogP contribution is -2.47. The maximum atomic E-state index is 12.3. The average molecular weight is 296 g/mol. The fourth-order valence-electron chi connectivity index (χ4n) is 2.38. The van der Waals surface area contributed by atoms with Gasteiger partial charge in [0.15, 0.2) is 9.84 Å². The Kier molecular flexibility index (Phi) is 4.15. The first-order valence-electron chi connectivity index (χ1n) is 6.78. The summed E-state index contributed by atoms with van der Waals surface area (Å²) >= 11 is 0. The van der Waals surface area contributed by atoms with Gasteiger partial charge in [-0.25, -0.2) is 8.42 Å². The molecule has 0 unspecified atom stereocenters. The van der Waals surface area contributed by atoms with E-state index in [1.165, 1.54) is 6.07 Å². The number of anilines is 1. The van der Waals surface area contributed by atoms with E-state index in [1.807, 2.05) is 0 Å². The van der Waals surface area contributed by atoms with Crippen molar-refractivity contribution in [3.63, 3.8) is 0 Å². The average Bonchev–Trinajstić information content (AvgIpc) is 2.38. The maximum Gasteiger partial charge on any atom is 0.231 e. The first kappa shape index (κ1) is 15.0. The van der Waals surface area contributed by atoms with Crippen LogP contribution in [-0.2, 0) is 14.6 Å². The van der Waals surface area contributed by atoms with Crippen LogP contribution in [0.25, 0.3) is 0 Å². The lowest BCUT2D eigenvalue weighted by atomic mass is 9.68. The zero-order valence-corrected chi connectivity index (χ0v) is 12.4. The van der Waals surface area contributed by atoms with Crippen molar-refractivity contribution in [3.05, 3.63) is 24.3 Å². The molecule has 0 bridgehead atoms. The van der Waals surface area contributed by atoms with Crippen LogP contribution < -0.4 is 11.1 Å². The quantitative estimate of drug-likeness (QED) is 0.862. The zero-order chi connectivity index (χ0) is 14.8. The van der Waals surface area contributed by atoms with E-state index in [2.05, 4.69) is 5.32 Å². The number of amides is 1. The molecule has 110 valence electrons. The molecule has 1 amide bonds. The lowest BCUT2D eigenvalue weighted by molar-refractivity contribution is -0.129. The summed E-state index contributed by atoms with van der Waals surface area (Å²) in [6.07, 6.45) is 2.51. The van der Waals surface area contributed by atoms with Crippen LogP contribution in [0.15, 0.2) is 29.2 Å². The molecule has 5 nitrogen and oxygen atoms in total. The fourth-order valence-corrected chi connectivity index (χ4v) is 3.43. The summed E-state index contributed by atoms with van der Waals surface area (Å²) < 4.78 is 24.1. The van der Waals surface area contributed by atoms with Crippen LogP contribution >= 0.6 is 0 Å². The van der Waals surface area contributed by atoms with E-state index in [0.29, 0.717) is 12.2 Å². The Bertz CT molecular complexity index is 601. The van der Waals surface area contributed by atoms with Gasteiger partial charge < -0.3 is 11.1 Å². The van der Waals surface area contributed by atoms with Gasteiger partial charge in [-0.2, -0.15) is 0 Å². The van der Waals surface area contributed by atoms with Crippen LogP contribution in [-0.4, -0.2) is 26.6 Å². The molecule has 0 spiro atoms. The largest absolute Gasteiger partial charge is 0.329 e. The monoisotopic (exact) mass is 296 g/mol. The molecule has 0 saturated heterocycles.